The van der Waals surface area contributed by atoms with E-state index < -0.39 is 10.9 Å². The Morgan fingerprint density at radius 3 is 2.90 bits per heavy atom. The molecule has 0 spiro atoms. The molecule has 0 aliphatic rings. The number of carbonyl (C=O) groups is 1. The molecule has 2 aromatic rings. The Labute approximate surface area is 119 Å². The number of nitro groups is 1. The zero-order chi connectivity index (χ0) is 15.4. The van der Waals surface area contributed by atoms with Gasteiger partial charge >= 0.3 is 11.8 Å². The van der Waals surface area contributed by atoms with Gasteiger partial charge in [0, 0.05) is 19.5 Å². The molecule has 2 heterocycles. The van der Waals surface area contributed by atoms with Gasteiger partial charge < -0.3 is 15.2 Å². The number of hydrogen-bond acceptors (Lipinski definition) is 6. The van der Waals surface area contributed by atoms with Crippen LogP contribution in [0, 0.1) is 17.0 Å². The average Bonchev–Trinajstić information content (AvgIpc) is 3.00. The lowest BCUT2D eigenvalue weighted by Gasteiger charge is -2.02. The van der Waals surface area contributed by atoms with E-state index in [0.717, 1.165) is 0 Å². The highest BCUT2D eigenvalue weighted by atomic mass is 16.6. The summed E-state index contributed by atoms with van der Waals surface area (Å²) in [7, 11) is 0. The van der Waals surface area contributed by atoms with Crippen molar-refractivity contribution in [1.82, 2.24) is 24.5 Å². The van der Waals surface area contributed by atoms with Crippen LogP contribution >= 0.6 is 0 Å². The SMILES string of the molecule is Cc1ncc([N+](=O)[O-])n1CCn1cc(CCC(=O)O)nn1. The Morgan fingerprint density at radius 2 is 2.24 bits per heavy atom. The minimum Gasteiger partial charge on any atom is -0.481 e. The molecule has 112 valence electrons. The summed E-state index contributed by atoms with van der Waals surface area (Å²) in [6.07, 6.45) is 3.15. The fourth-order valence-electron chi connectivity index (χ4n) is 1.88. The number of aromatic nitrogens is 5. The van der Waals surface area contributed by atoms with E-state index in [2.05, 4.69) is 15.3 Å². The summed E-state index contributed by atoms with van der Waals surface area (Å²) >= 11 is 0. The molecule has 0 aromatic carbocycles. The minimum absolute atomic E-state index is 0.00913. The number of carboxylic acid groups (broad SMARTS) is 1. The smallest absolute Gasteiger partial charge is 0.342 e. The van der Waals surface area contributed by atoms with Gasteiger partial charge in [0.05, 0.1) is 18.7 Å². The molecule has 0 bridgehead atoms. The van der Waals surface area contributed by atoms with Gasteiger partial charge in [0.25, 0.3) is 0 Å². The number of aryl methyl sites for hydroxylation is 3. The third-order valence-corrected chi connectivity index (χ3v) is 2.95. The first-order valence-electron chi connectivity index (χ1n) is 6.24. The van der Waals surface area contributed by atoms with Crippen molar-refractivity contribution in [1.29, 1.82) is 0 Å². The fourth-order valence-corrected chi connectivity index (χ4v) is 1.88. The van der Waals surface area contributed by atoms with Crippen molar-refractivity contribution in [3.05, 3.63) is 34.0 Å². The molecule has 2 aromatic heterocycles. The van der Waals surface area contributed by atoms with Gasteiger partial charge in [-0.25, -0.2) is 14.2 Å². The van der Waals surface area contributed by atoms with Crippen LogP contribution in [0.25, 0.3) is 0 Å². The van der Waals surface area contributed by atoms with Gasteiger partial charge in [-0.05, 0) is 4.92 Å². The lowest BCUT2D eigenvalue weighted by Crippen LogP contribution is -2.11. The quantitative estimate of drug-likeness (QED) is 0.578. The molecular weight excluding hydrogens is 280 g/mol. The fraction of sp³-hybridized carbons (Fsp3) is 0.455. The molecule has 0 aliphatic heterocycles. The van der Waals surface area contributed by atoms with Crippen LogP contribution in [-0.4, -0.2) is 40.5 Å². The first-order chi connectivity index (χ1) is 9.97. The highest BCUT2D eigenvalue weighted by Crippen LogP contribution is 2.13. The van der Waals surface area contributed by atoms with Crippen molar-refractivity contribution in [2.45, 2.75) is 32.9 Å². The maximum Gasteiger partial charge on any atom is 0.342 e. The van der Waals surface area contributed by atoms with Crippen LogP contribution < -0.4 is 0 Å². The minimum atomic E-state index is -0.894. The summed E-state index contributed by atoms with van der Waals surface area (Å²) in [4.78, 5) is 24.8. The lowest BCUT2D eigenvalue weighted by molar-refractivity contribution is -0.392. The summed E-state index contributed by atoms with van der Waals surface area (Å²) < 4.78 is 3.01. The average molecular weight is 294 g/mol. The van der Waals surface area contributed by atoms with Gasteiger partial charge in [-0.2, -0.15) is 0 Å². The molecule has 0 saturated carbocycles. The maximum atomic E-state index is 10.9. The first kappa shape index (κ1) is 14.6. The number of imidazole rings is 1. The highest BCUT2D eigenvalue weighted by Gasteiger charge is 2.17. The summed E-state index contributed by atoms with van der Waals surface area (Å²) in [5.74, 6) is -0.416. The van der Waals surface area contributed by atoms with Crippen molar-refractivity contribution in [3.63, 3.8) is 0 Å². The monoisotopic (exact) mass is 294 g/mol. The summed E-state index contributed by atoms with van der Waals surface area (Å²) in [5.41, 5.74) is 0.578. The van der Waals surface area contributed by atoms with Gasteiger partial charge in [-0.3, -0.25) is 4.79 Å². The Bertz CT molecular complexity index is 661. The lowest BCUT2D eigenvalue weighted by atomic mass is 10.2. The van der Waals surface area contributed by atoms with Crippen molar-refractivity contribution in [2.24, 2.45) is 0 Å². The highest BCUT2D eigenvalue weighted by molar-refractivity contribution is 5.66. The van der Waals surface area contributed by atoms with Gasteiger partial charge in [0.2, 0.25) is 0 Å². The van der Waals surface area contributed by atoms with Gasteiger partial charge in [0.1, 0.15) is 12.7 Å². The third kappa shape index (κ3) is 3.61. The maximum absolute atomic E-state index is 10.9. The largest absolute Gasteiger partial charge is 0.481 e. The van der Waals surface area contributed by atoms with Crippen LogP contribution in [0.1, 0.15) is 17.9 Å². The number of carboxylic acids is 1. The first-order valence-corrected chi connectivity index (χ1v) is 6.24. The van der Waals surface area contributed by atoms with E-state index in [1.165, 1.54) is 15.4 Å². The molecule has 0 atom stereocenters. The Morgan fingerprint density at radius 1 is 1.48 bits per heavy atom. The van der Waals surface area contributed by atoms with Crippen LogP contribution in [0.5, 0.6) is 0 Å². The van der Waals surface area contributed by atoms with Crippen molar-refractivity contribution >= 4 is 11.8 Å². The second-order valence-corrected chi connectivity index (χ2v) is 4.44. The molecule has 10 nitrogen and oxygen atoms in total. The van der Waals surface area contributed by atoms with E-state index in [9.17, 15) is 14.9 Å². The summed E-state index contributed by atoms with van der Waals surface area (Å²) in [6, 6.07) is 0. The molecule has 0 aliphatic carbocycles. The van der Waals surface area contributed by atoms with E-state index in [1.54, 1.807) is 13.1 Å². The van der Waals surface area contributed by atoms with Crippen LogP contribution in [0.4, 0.5) is 5.82 Å². The zero-order valence-electron chi connectivity index (χ0n) is 11.3. The topological polar surface area (TPSA) is 129 Å². The molecule has 10 heteroatoms. The van der Waals surface area contributed by atoms with Crippen LogP contribution in [0.3, 0.4) is 0 Å². The Kier molecular flexibility index (Phi) is 4.26. The molecule has 0 unspecified atom stereocenters. The van der Waals surface area contributed by atoms with E-state index in [4.69, 9.17) is 5.11 Å². The predicted molar refractivity (Wildman–Crippen MR) is 69.6 cm³/mol. The van der Waals surface area contributed by atoms with Gasteiger partial charge in [0.15, 0.2) is 5.82 Å². The molecule has 21 heavy (non-hydrogen) atoms. The molecule has 0 radical (unpaired) electrons. The molecule has 0 amide bonds. The van der Waals surface area contributed by atoms with Crippen molar-refractivity contribution in [2.75, 3.05) is 0 Å². The summed E-state index contributed by atoms with van der Waals surface area (Å²) in [5, 5.41) is 27.2. The van der Waals surface area contributed by atoms with E-state index in [1.807, 2.05) is 0 Å². The predicted octanol–water partition coefficient (Wildman–Crippen LogP) is 0.409. The van der Waals surface area contributed by atoms with Crippen LogP contribution in [0.2, 0.25) is 0 Å². The number of nitrogens with zero attached hydrogens (tertiary/aromatic N) is 6. The number of hydrogen-bond donors (Lipinski definition) is 1. The molecule has 2 rings (SSSR count). The summed E-state index contributed by atoms with van der Waals surface area (Å²) in [6.45, 7) is 2.41. The standard InChI is InChI=1S/C11H14N6O4/c1-8-12-6-10(17(20)21)16(8)5-4-15-7-9(13-14-15)2-3-11(18)19/h6-7H,2-5H2,1H3,(H,18,19). The second kappa shape index (κ2) is 6.11. The number of aliphatic carboxylic acids is 1. The van der Waals surface area contributed by atoms with Gasteiger partial charge in [-0.15, -0.1) is 5.10 Å². The Hall–Kier alpha value is -2.78. The second-order valence-electron chi connectivity index (χ2n) is 4.44. The molecular formula is C11H14N6O4. The van der Waals surface area contributed by atoms with Crippen LogP contribution in [-0.2, 0) is 24.3 Å². The molecule has 0 fully saturated rings. The molecule has 0 saturated heterocycles. The van der Waals surface area contributed by atoms with Gasteiger partial charge in [-0.1, -0.05) is 5.21 Å². The third-order valence-electron chi connectivity index (χ3n) is 2.95. The van der Waals surface area contributed by atoms with Crippen LogP contribution in [0.15, 0.2) is 12.4 Å². The van der Waals surface area contributed by atoms with Crippen molar-refractivity contribution < 1.29 is 14.8 Å². The van der Waals surface area contributed by atoms with E-state index in [-0.39, 0.29) is 12.2 Å². The zero-order valence-corrected chi connectivity index (χ0v) is 11.3. The number of rotatable bonds is 7. The van der Waals surface area contributed by atoms with E-state index in [0.29, 0.717) is 31.0 Å². The molecule has 1 N–H and O–H groups in total. The van der Waals surface area contributed by atoms with E-state index >= 15 is 0 Å². The van der Waals surface area contributed by atoms with Crippen molar-refractivity contribution in [3.8, 4) is 0 Å². The Balaban J connectivity index is 1.99. The normalized spacial score (nSPS) is 10.7.